The molecule has 1 saturated carbocycles. The van der Waals surface area contributed by atoms with Crippen LogP contribution in [0.3, 0.4) is 0 Å². The fourth-order valence-corrected chi connectivity index (χ4v) is 4.08. The Bertz CT molecular complexity index is 635. The van der Waals surface area contributed by atoms with Crippen LogP contribution in [-0.2, 0) is 14.3 Å². The fourth-order valence-electron chi connectivity index (χ4n) is 4.08. The summed E-state index contributed by atoms with van der Waals surface area (Å²) in [5, 5.41) is 5.30. The molecule has 0 aromatic heterocycles. The summed E-state index contributed by atoms with van der Waals surface area (Å²) >= 11 is 0. The van der Waals surface area contributed by atoms with Gasteiger partial charge >= 0.3 is 12.0 Å². The summed E-state index contributed by atoms with van der Waals surface area (Å²) in [6.45, 7) is 15.7. The minimum atomic E-state index is -0.769. The third-order valence-corrected chi connectivity index (χ3v) is 5.65. The van der Waals surface area contributed by atoms with Crippen LogP contribution < -0.4 is 10.6 Å². The molecule has 0 bridgehead atoms. The SMILES string of the molecule is C=C(C)NC(=O)NC(C(=O)N1CC2C(C1C(=O)OC)C2(C)C)C(C)(C)C. The van der Waals surface area contributed by atoms with Gasteiger partial charge in [-0.3, -0.25) is 4.79 Å². The van der Waals surface area contributed by atoms with Gasteiger partial charge in [-0.15, -0.1) is 0 Å². The highest BCUT2D eigenvalue weighted by atomic mass is 16.5. The van der Waals surface area contributed by atoms with E-state index in [0.717, 1.165) is 0 Å². The van der Waals surface area contributed by atoms with Crippen molar-refractivity contribution in [3.8, 4) is 0 Å². The Labute approximate surface area is 155 Å². The van der Waals surface area contributed by atoms with E-state index in [1.54, 1.807) is 11.8 Å². The summed E-state index contributed by atoms with van der Waals surface area (Å²) in [6, 6.07) is -1.84. The van der Waals surface area contributed by atoms with Crippen LogP contribution >= 0.6 is 0 Å². The van der Waals surface area contributed by atoms with Crippen molar-refractivity contribution in [3.05, 3.63) is 12.3 Å². The first-order valence-electron chi connectivity index (χ1n) is 8.93. The van der Waals surface area contributed by atoms with Gasteiger partial charge in [-0.25, -0.2) is 9.59 Å². The molecule has 3 amide bonds. The molecule has 26 heavy (non-hydrogen) atoms. The minimum Gasteiger partial charge on any atom is -0.467 e. The van der Waals surface area contributed by atoms with Gasteiger partial charge < -0.3 is 20.3 Å². The summed E-state index contributed by atoms with van der Waals surface area (Å²) in [6.07, 6.45) is 0. The largest absolute Gasteiger partial charge is 0.467 e. The summed E-state index contributed by atoms with van der Waals surface area (Å²) in [7, 11) is 1.34. The number of hydrogen-bond donors (Lipinski definition) is 2. The van der Waals surface area contributed by atoms with Crippen molar-refractivity contribution in [2.75, 3.05) is 13.7 Å². The number of likely N-dealkylation sites (tertiary alicyclic amines) is 1. The standard InChI is InChI=1S/C19H31N3O4/c1-10(2)20-17(25)21-14(18(3,4)5)15(23)22-9-11-12(19(11,6)7)13(22)16(24)26-8/h11-14H,1,9H2,2-8H3,(H2,20,21,25). The van der Waals surface area contributed by atoms with Gasteiger partial charge in [0.1, 0.15) is 12.1 Å². The maximum Gasteiger partial charge on any atom is 0.328 e. The van der Waals surface area contributed by atoms with Crippen LogP contribution in [-0.4, -0.2) is 48.5 Å². The highest BCUT2D eigenvalue weighted by Gasteiger charge is 2.70. The van der Waals surface area contributed by atoms with Crippen molar-refractivity contribution in [2.45, 2.75) is 53.6 Å². The Morgan fingerprint density at radius 1 is 1.27 bits per heavy atom. The number of methoxy groups -OCH3 is 1. The third kappa shape index (κ3) is 3.57. The molecule has 146 valence electrons. The average Bonchev–Trinajstić information content (AvgIpc) is 2.85. The molecule has 2 rings (SSSR count). The maximum atomic E-state index is 13.3. The number of urea groups is 1. The van der Waals surface area contributed by atoms with Crippen LogP contribution in [0.25, 0.3) is 0 Å². The van der Waals surface area contributed by atoms with E-state index in [9.17, 15) is 14.4 Å². The van der Waals surface area contributed by atoms with Crippen molar-refractivity contribution in [3.63, 3.8) is 0 Å². The van der Waals surface area contributed by atoms with E-state index in [1.807, 2.05) is 20.8 Å². The molecular formula is C19H31N3O4. The van der Waals surface area contributed by atoms with Gasteiger partial charge in [-0.05, 0) is 23.7 Å². The molecule has 1 aliphatic heterocycles. The number of rotatable bonds is 4. The van der Waals surface area contributed by atoms with Crippen LogP contribution in [0.15, 0.2) is 12.3 Å². The Morgan fingerprint density at radius 2 is 1.85 bits per heavy atom. The number of nitrogens with zero attached hydrogens (tertiary/aromatic N) is 1. The Hall–Kier alpha value is -2.05. The predicted octanol–water partition coefficient (Wildman–Crippen LogP) is 1.89. The first-order chi connectivity index (χ1) is 11.8. The lowest BCUT2D eigenvalue weighted by atomic mass is 9.85. The number of fused-ring (bicyclic) bond motifs is 1. The summed E-state index contributed by atoms with van der Waals surface area (Å²) in [4.78, 5) is 39.4. The second-order valence-corrected chi connectivity index (χ2v) is 9.09. The van der Waals surface area contributed by atoms with Crippen molar-refractivity contribution in [1.82, 2.24) is 15.5 Å². The van der Waals surface area contributed by atoms with Gasteiger partial charge in [0.05, 0.1) is 7.11 Å². The van der Waals surface area contributed by atoms with Gasteiger partial charge in [0, 0.05) is 18.2 Å². The summed E-state index contributed by atoms with van der Waals surface area (Å²) < 4.78 is 4.96. The number of piperidine rings is 1. The molecule has 0 aromatic rings. The number of amides is 3. The van der Waals surface area contributed by atoms with E-state index in [4.69, 9.17) is 4.74 Å². The van der Waals surface area contributed by atoms with Gasteiger partial charge in [-0.1, -0.05) is 41.2 Å². The monoisotopic (exact) mass is 365 g/mol. The topological polar surface area (TPSA) is 87.7 Å². The van der Waals surface area contributed by atoms with E-state index < -0.39 is 29.5 Å². The van der Waals surface area contributed by atoms with Crippen molar-refractivity contribution in [1.29, 1.82) is 0 Å². The van der Waals surface area contributed by atoms with Gasteiger partial charge in [0.15, 0.2) is 0 Å². The molecule has 2 fully saturated rings. The van der Waals surface area contributed by atoms with E-state index in [2.05, 4.69) is 31.1 Å². The molecule has 0 spiro atoms. The molecule has 0 aromatic carbocycles. The quantitative estimate of drug-likeness (QED) is 0.745. The zero-order valence-electron chi connectivity index (χ0n) is 16.8. The number of ether oxygens (including phenoxy) is 1. The normalized spacial score (nSPS) is 27.2. The number of allylic oxidation sites excluding steroid dienone is 1. The Morgan fingerprint density at radius 3 is 2.31 bits per heavy atom. The first kappa shape index (κ1) is 20.3. The Balaban J connectivity index is 2.23. The molecule has 4 atom stereocenters. The molecule has 4 unspecified atom stereocenters. The second-order valence-electron chi connectivity index (χ2n) is 9.09. The number of nitrogens with one attached hydrogen (secondary N) is 2. The van der Waals surface area contributed by atoms with Crippen molar-refractivity contribution in [2.24, 2.45) is 22.7 Å². The summed E-state index contributed by atoms with van der Waals surface area (Å²) in [5.74, 6) is -0.271. The molecule has 2 aliphatic rings. The lowest BCUT2D eigenvalue weighted by Gasteiger charge is -2.37. The number of carbonyl (C=O) groups excluding carboxylic acids is 3. The van der Waals surface area contributed by atoms with Crippen LogP contribution in [0.4, 0.5) is 4.79 Å². The zero-order chi connectivity index (χ0) is 20.0. The van der Waals surface area contributed by atoms with Gasteiger partial charge in [0.2, 0.25) is 5.91 Å². The first-order valence-corrected chi connectivity index (χ1v) is 8.93. The lowest BCUT2D eigenvalue weighted by Crippen LogP contribution is -2.59. The van der Waals surface area contributed by atoms with Crippen molar-refractivity contribution < 1.29 is 19.1 Å². The molecule has 2 N–H and O–H groups in total. The second kappa shape index (κ2) is 6.59. The van der Waals surface area contributed by atoms with Gasteiger partial charge in [-0.2, -0.15) is 0 Å². The van der Waals surface area contributed by atoms with E-state index in [0.29, 0.717) is 12.2 Å². The maximum absolute atomic E-state index is 13.3. The fraction of sp³-hybridized carbons (Fsp3) is 0.737. The van der Waals surface area contributed by atoms with E-state index in [1.165, 1.54) is 7.11 Å². The zero-order valence-corrected chi connectivity index (χ0v) is 16.8. The van der Waals surface area contributed by atoms with E-state index >= 15 is 0 Å². The highest BCUT2D eigenvalue weighted by Crippen LogP contribution is 2.65. The highest BCUT2D eigenvalue weighted by molar-refractivity contribution is 5.92. The van der Waals surface area contributed by atoms with Crippen molar-refractivity contribution >= 4 is 17.9 Å². The summed E-state index contributed by atoms with van der Waals surface area (Å²) in [5.41, 5.74) is -0.0106. The van der Waals surface area contributed by atoms with Crippen LogP contribution in [0.2, 0.25) is 0 Å². The molecule has 7 heteroatoms. The van der Waals surface area contributed by atoms with Crippen LogP contribution in [0.5, 0.6) is 0 Å². The molecule has 0 radical (unpaired) electrons. The molecule has 1 aliphatic carbocycles. The number of hydrogen-bond acceptors (Lipinski definition) is 4. The van der Waals surface area contributed by atoms with E-state index in [-0.39, 0.29) is 23.2 Å². The van der Waals surface area contributed by atoms with Crippen LogP contribution in [0, 0.1) is 22.7 Å². The lowest BCUT2D eigenvalue weighted by molar-refractivity contribution is -0.154. The minimum absolute atomic E-state index is 0.0254. The predicted molar refractivity (Wildman–Crippen MR) is 98.0 cm³/mol. The number of carbonyl (C=O) groups is 3. The average molecular weight is 365 g/mol. The van der Waals surface area contributed by atoms with Gasteiger partial charge in [0.25, 0.3) is 0 Å². The smallest absolute Gasteiger partial charge is 0.328 e. The molecular weight excluding hydrogens is 334 g/mol. The molecule has 1 heterocycles. The molecule has 7 nitrogen and oxygen atoms in total. The van der Waals surface area contributed by atoms with Crippen LogP contribution in [0.1, 0.15) is 41.5 Å². The number of esters is 1. The molecule has 1 saturated heterocycles. The third-order valence-electron chi connectivity index (χ3n) is 5.65. The Kier molecular flexibility index (Phi) is 5.14.